The van der Waals surface area contributed by atoms with Crippen LogP contribution in [0.25, 0.3) is 0 Å². The first kappa shape index (κ1) is 14.2. The molecule has 1 aromatic rings. The quantitative estimate of drug-likeness (QED) is 0.872. The Morgan fingerprint density at radius 1 is 1.32 bits per heavy atom. The summed E-state index contributed by atoms with van der Waals surface area (Å²) in [5.74, 6) is 0.642. The van der Waals surface area contributed by atoms with Crippen molar-refractivity contribution in [3.63, 3.8) is 0 Å². The third-order valence-corrected chi connectivity index (χ3v) is 3.34. The van der Waals surface area contributed by atoms with Gasteiger partial charge in [-0.3, -0.25) is 0 Å². The van der Waals surface area contributed by atoms with Gasteiger partial charge in [0.25, 0.3) is 0 Å². The zero-order chi connectivity index (χ0) is 13.7. The minimum atomic E-state index is 0.283. The number of hydrogen-bond acceptors (Lipinski definition) is 5. The molecule has 1 N–H and O–H groups in total. The fraction of sp³-hybridized carbons (Fsp3) is 0.714. The summed E-state index contributed by atoms with van der Waals surface area (Å²) < 4.78 is 5.86. The number of hydrogen-bond donors (Lipinski definition) is 1. The molecule has 106 valence electrons. The molecule has 0 bridgehead atoms. The molecule has 0 amide bonds. The van der Waals surface area contributed by atoms with Crippen LogP contribution < -0.4 is 10.1 Å². The summed E-state index contributed by atoms with van der Waals surface area (Å²) in [5, 5.41) is 11.6. The lowest BCUT2D eigenvalue weighted by atomic mass is 10.1. The third kappa shape index (κ3) is 4.76. The van der Waals surface area contributed by atoms with Crippen molar-refractivity contribution in [2.24, 2.45) is 0 Å². The van der Waals surface area contributed by atoms with Crippen LogP contribution >= 0.6 is 0 Å². The van der Waals surface area contributed by atoms with Crippen molar-refractivity contribution in [3.8, 4) is 5.88 Å². The molecule has 1 aromatic heterocycles. The van der Waals surface area contributed by atoms with Gasteiger partial charge in [0.15, 0.2) is 0 Å². The molecule has 1 fully saturated rings. The predicted octanol–water partition coefficient (Wildman–Crippen LogP) is 1.45. The van der Waals surface area contributed by atoms with Crippen molar-refractivity contribution in [2.45, 2.75) is 45.4 Å². The van der Waals surface area contributed by atoms with E-state index in [9.17, 15) is 0 Å². The molecule has 0 saturated carbocycles. The Bertz CT molecular complexity index is 372. The fourth-order valence-electron chi connectivity index (χ4n) is 2.09. The van der Waals surface area contributed by atoms with Crippen molar-refractivity contribution < 1.29 is 4.74 Å². The molecule has 2 heterocycles. The molecule has 0 radical (unpaired) electrons. The smallest absolute Gasteiger partial charge is 0.233 e. The third-order valence-electron chi connectivity index (χ3n) is 3.34. The van der Waals surface area contributed by atoms with Crippen molar-refractivity contribution in [1.82, 2.24) is 20.4 Å². The van der Waals surface area contributed by atoms with Crippen molar-refractivity contribution in [3.05, 3.63) is 17.8 Å². The zero-order valence-electron chi connectivity index (χ0n) is 12.1. The molecule has 0 atom stereocenters. The molecular formula is C14H24N4O. The highest BCUT2D eigenvalue weighted by molar-refractivity contribution is 5.12. The van der Waals surface area contributed by atoms with E-state index in [0.717, 1.165) is 38.2 Å². The van der Waals surface area contributed by atoms with Crippen LogP contribution in [-0.2, 0) is 6.54 Å². The van der Waals surface area contributed by atoms with Crippen LogP contribution in [0.3, 0.4) is 0 Å². The maximum absolute atomic E-state index is 5.86. The molecule has 19 heavy (non-hydrogen) atoms. The molecule has 1 aliphatic heterocycles. The van der Waals surface area contributed by atoms with Gasteiger partial charge in [0.1, 0.15) is 6.10 Å². The predicted molar refractivity (Wildman–Crippen MR) is 75.2 cm³/mol. The molecule has 5 heteroatoms. The van der Waals surface area contributed by atoms with Crippen LogP contribution in [0.4, 0.5) is 0 Å². The van der Waals surface area contributed by atoms with Crippen LogP contribution in [0.2, 0.25) is 0 Å². The Hall–Kier alpha value is -1.20. The monoisotopic (exact) mass is 264 g/mol. The highest BCUT2D eigenvalue weighted by Crippen LogP contribution is 2.15. The van der Waals surface area contributed by atoms with Gasteiger partial charge in [0.2, 0.25) is 5.88 Å². The van der Waals surface area contributed by atoms with Crippen LogP contribution in [0.15, 0.2) is 12.1 Å². The fourth-order valence-corrected chi connectivity index (χ4v) is 2.09. The summed E-state index contributed by atoms with van der Waals surface area (Å²) in [6.07, 6.45) is 2.41. The van der Waals surface area contributed by atoms with E-state index in [1.807, 2.05) is 12.1 Å². The summed E-state index contributed by atoms with van der Waals surface area (Å²) in [4.78, 5) is 2.33. The second-order valence-corrected chi connectivity index (χ2v) is 5.52. The Morgan fingerprint density at radius 2 is 2.05 bits per heavy atom. The number of rotatable bonds is 5. The number of ether oxygens (including phenoxy) is 1. The minimum Gasteiger partial charge on any atom is -0.473 e. The minimum absolute atomic E-state index is 0.283. The van der Waals surface area contributed by atoms with Gasteiger partial charge in [-0.15, -0.1) is 5.10 Å². The molecule has 0 unspecified atom stereocenters. The summed E-state index contributed by atoms with van der Waals surface area (Å²) >= 11 is 0. The van der Waals surface area contributed by atoms with Crippen molar-refractivity contribution >= 4 is 0 Å². The van der Waals surface area contributed by atoms with Gasteiger partial charge in [0.05, 0.1) is 5.69 Å². The Morgan fingerprint density at radius 3 is 2.63 bits per heavy atom. The Balaban J connectivity index is 1.81. The van der Waals surface area contributed by atoms with Gasteiger partial charge in [0, 0.05) is 31.7 Å². The first-order valence-electron chi connectivity index (χ1n) is 7.04. The standard InChI is InChI=1S/C14H24N4O/c1-11(2)15-10-12-4-5-14(17-16-12)19-13-6-8-18(3)9-7-13/h4-5,11,13,15H,6-10H2,1-3H3. The molecular weight excluding hydrogens is 240 g/mol. The maximum Gasteiger partial charge on any atom is 0.233 e. The molecule has 1 saturated heterocycles. The van der Waals surface area contributed by atoms with Gasteiger partial charge in [-0.2, -0.15) is 5.10 Å². The number of nitrogens with one attached hydrogen (secondary N) is 1. The summed E-state index contributed by atoms with van der Waals surface area (Å²) in [6.45, 7) is 7.16. The average Bonchev–Trinajstić information content (AvgIpc) is 2.40. The van der Waals surface area contributed by atoms with E-state index in [4.69, 9.17) is 4.74 Å². The maximum atomic E-state index is 5.86. The number of nitrogens with zero attached hydrogens (tertiary/aromatic N) is 3. The lowest BCUT2D eigenvalue weighted by Crippen LogP contribution is -2.35. The summed E-state index contributed by atoms with van der Waals surface area (Å²) in [7, 11) is 2.15. The Labute approximate surface area is 115 Å². The second-order valence-electron chi connectivity index (χ2n) is 5.52. The van der Waals surface area contributed by atoms with E-state index in [1.54, 1.807) is 0 Å². The van der Waals surface area contributed by atoms with Crippen LogP contribution in [0, 0.1) is 0 Å². The largest absolute Gasteiger partial charge is 0.473 e. The van der Waals surface area contributed by atoms with E-state index in [-0.39, 0.29) is 6.10 Å². The normalized spacial score (nSPS) is 17.9. The molecule has 5 nitrogen and oxygen atoms in total. The average molecular weight is 264 g/mol. The second kappa shape index (κ2) is 6.82. The van der Waals surface area contributed by atoms with Gasteiger partial charge < -0.3 is 15.0 Å². The number of likely N-dealkylation sites (tertiary alicyclic amines) is 1. The highest BCUT2D eigenvalue weighted by atomic mass is 16.5. The van der Waals surface area contributed by atoms with Gasteiger partial charge in [-0.25, -0.2) is 0 Å². The molecule has 0 aliphatic carbocycles. The molecule has 1 aliphatic rings. The SMILES string of the molecule is CC(C)NCc1ccc(OC2CCN(C)CC2)nn1. The molecule has 0 spiro atoms. The van der Waals surface area contributed by atoms with Crippen LogP contribution in [0.1, 0.15) is 32.4 Å². The molecule has 2 rings (SSSR count). The van der Waals surface area contributed by atoms with Gasteiger partial charge >= 0.3 is 0 Å². The van der Waals surface area contributed by atoms with Crippen molar-refractivity contribution in [1.29, 1.82) is 0 Å². The summed E-state index contributed by atoms with van der Waals surface area (Å²) in [6, 6.07) is 4.35. The molecule has 0 aromatic carbocycles. The highest BCUT2D eigenvalue weighted by Gasteiger charge is 2.18. The topological polar surface area (TPSA) is 50.3 Å². The van der Waals surface area contributed by atoms with E-state index < -0.39 is 0 Å². The first-order valence-corrected chi connectivity index (χ1v) is 7.04. The van der Waals surface area contributed by atoms with Crippen molar-refractivity contribution in [2.75, 3.05) is 20.1 Å². The zero-order valence-corrected chi connectivity index (χ0v) is 12.1. The summed E-state index contributed by atoms with van der Waals surface area (Å²) in [5.41, 5.74) is 0.949. The van der Waals surface area contributed by atoms with E-state index in [0.29, 0.717) is 11.9 Å². The van der Waals surface area contributed by atoms with Crippen LogP contribution in [-0.4, -0.2) is 47.4 Å². The van der Waals surface area contributed by atoms with Gasteiger partial charge in [-0.1, -0.05) is 13.8 Å². The van der Waals surface area contributed by atoms with E-state index in [2.05, 4.69) is 41.3 Å². The lowest BCUT2D eigenvalue weighted by molar-refractivity contribution is 0.109. The Kier molecular flexibility index (Phi) is 5.10. The van der Waals surface area contributed by atoms with Crippen LogP contribution in [0.5, 0.6) is 5.88 Å². The lowest BCUT2D eigenvalue weighted by Gasteiger charge is -2.28. The number of piperidine rings is 1. The number of aromatic nitrogens is 2. The van der Waals surface area contributed by atoms with E-state index >= 15 is 0 Å². The first-order chi connectivity index (χ1) is 9.13. The van der Waals surface area contributed by atoms with E-state index in [1.165, 1.54) is 0 Å². The van der Waals surface area contributed by atoms with Gasteiger partial charge in [-0.05, 0) is 26.0 Å².